The van der Waals surface area contributed by atoms with Crippen molar-refractivity contribution in [3.63, 3.8) is 0 Å². The number of ether oxygens (including phenoxy) is 1. The van der Waals surface area contributed by atoms with E-state index in [0.29, 0.717) is 32.0 Å². The molecule has 4 rings (SSSR count). The standard InChI is InChI=1S/C21H30N12O9S2/c22-3-5-41-6-4-25-19(23)26-7-11-8-27-32(30-11)9-13-15(17(35)33(13)44(38,39)40)29-16(34)14(12-10-43-20(24)28-12)31-42-21(1-2-21)18(36)37/h8,10,13,15H,1-7,9,22H2,(H2,24,28)(H,29,34)(H,36,37)(H3,23,25,26)(H,38,39,40). The lowest BCUT2D eigenvalue weighted by atomic mass is 9.98. The molecule has 2 fully saturated rings. The molecule has 1 aliphatic heterocycles. The summed E-state index contributed by atoms with van der Waals surface area (Å²) in [7, 11) is -5.03. The fourth-order valence-electron chi connectivity index (χ4n) is 3.86. The van der Waals surface area contributed by atoms with E-state index in [1.54, 1.807) is 0 Å². The van der Waals surface area contributed by atoms with Gasteiger partial charge in [-0.1, -0.05) is 5.16 Å². The second-order valence-electron chi connectivity index (χ2n) is 9.45. The maximum atomic E-state index is 13.2. The van der Waals surface area contributed by atoms with Crippen molar-refractivity contribution in [1.82, 2.24) is 34.9 Å². The number of amides is 2. The van der Waals surface area contributed by atoms with E-state index in [4.69, 9.17) is 26.8 Å². The second-order valence-corrected chi connectivity index (χ2v) is 11.6. The van der Waals surface area contributed by atoms with E-state index in [1.165, 1.54) is 11.6 Å². The molecule has 23 heteroatoms. The van der Waals surface area contributed by atoms with Gasteiger partial charge in [-0.2, -0.15) is 23.4 Å². The molecule has 1 saturated heterocycles. The number of aliphatic imine (C=N–C) groups is 1. The van der Waals surface area contributed by atoms with Crippen molar-refractivity contribution in [2.45, 2.75) is 43.6 Å². The van der Waals surface area contributed by atoms with E-state index in [0.717, 1.165) is 16.1 Å². The first-order chi connectivity index (χ1) is 20.8. The van der Waals surface area contributed by atoms with E-state index in [-0.39, 0.29) is 47.0 Å². The van der Waals surface area contributed by atoms with Crippen LogP contribution in [0.4, 0.5) is 5.13 Å². The first kappa shape index (κ1) is 32.5. The summed E-state index contributed by atoms with van der Waals surface area (Å²) in [5.74, 6) is -3.37. The average molecular weight is 659 g/mol. The van der Waals surface area contributed by atoms with Gasteiger partial charge in [0.05, 0.1) is 32.5 Å². The number of nitrogens with two attached hydrogens (primary N) is 3. The average Bonchev–Trinajstić information content (AvgIpc) is 3.42. The normalized spacial score (nSPS) is 19.8. The molecule has 2 amide bonds. The smallest absolute Gasteiger partial charge is 0.362 e. The van der Waals surface area contributed by atoms with Gasteiger partial charge in [-0.15, -0.1) is 11.3 Å². The van der Waals surface area contributed by atoms with E-state index < -0.39 is 51.5 Å². The third-order valence-corrected chi connectivity index (χ3v) is 7.87. The molecule has 2 aromatic heterocycles. The molecular formula is C21H30N12O9S2. The molecule has 0 bridgehead atoms. The fourth-order valence-corrected chi connectivity index (χ4v) is 5.28. The number of carboxylic acids is 1. The van der Waals surface area contributed by atoms with Crippen LogP contribution < -0.4 is 27.8 Å². The van der Waals surface area contributed by atoms with E-state index in [1.807, 2.05) is 0 Å². The van der Waals surface area contributed by atoms with Crippen LogP contribution in [0, 0.1) is 0 Å². The van der Waals surface area contributed by atoms with Gasteiger partial charge < -0.3 is 42.5 Å². The van der Waals surface area contributed by atoms with Gasteiger partial charge in [-0.05, 0) is 0 Å². The minimum Gasteiger partial charge on any atom is -0.478 e. The van der Waals surface area contributed by atoms with Gasteiger partial charge in [0, 0.05) is 31.3 Å². The first-order valence-electron chi connectivity index (χ1n) is 12.9. The van der Waals surface area contributed by atoms with Crippen molar-refractivity contribution in [3.05, 3.63) is 23.0 Å². The van der Waals surface area contributed by atoms with Crippen LogP contribution in [0.2, 0.25) is 0 Å². The van der Waals surface area contributed by atoms with Crippen LogP contribution in [-0.4, -0.2) is 116 Å². The van der Waals surface area contributed by atoms with Crippen molar-refractivity contribution in [2.75, 3.05) is 32.0 Å². The van der Waals surface area contributed by atoms with Crippen LogP contribution >= 0.6 is 11.3 Å². The molecule has 2 aromatic rings. The van der Waals surface area contributed by atoms with Gasteiger partial charge >= 0.3 is 16.3 Å². The number of guanidine groups is 1. The fraction of sp³-hybridized carbons (Fsp3) is 0.524. The lowest BCUT2D eigenvalue weighted by Gasteiger charge is -2.43. The molecule has 21 nitrogen and oxygen atoms in total. The van der Waals surface area contributed by atoms with Gasteiger partial charge in [0.25, 0.3) is 11.8 Å². The molecule has 2 atom stereocenters. The first-order valence-corrected chi connectivity index (χ1v) is 15.2. The van der Waals surface area contributed by atoms with Crippen molar-refractivity contribution >= 4 is 56.2 Å². The summed E-state index contributed by atoms with van der Waals surface area (Å²) in [6.45, 7) is 1.19. The van der Waals surface area contributed by atoms with E-state index in [9.17, 15) is 32.5 Å². The van der Waals surface area contributed by atoms with Gasteiger partial charge in [0.1, 0.15) is 23.5 Å². The Labute approximate surface area is 253 Å². The van der Waals surface area contributed by atoms with Gasteiger partial charge in [0.2, 0.25) is 5.60 Å². The highest BCUT2D eigenvalue weighted by Crippen LogP contribution is 2.40. The van der Waals surface area contributed by atoms with Crippen LogP contribution in [0.15, 0.2) is 21.7 Å². The molecule has 10 N–H and O–H groups in total. The summed E-state index contributed by atoms with van der Waals surface area (Å²) < 4.78 is 38.9. The third-order valence-electron chi connectivity index (χ3n) is 6.25. The Morgan fingerprint density at radius 2 is 2.05 bits per heavy atom. The van der Waals surface area contributed by atoms with E-state index in [2.05, 4.69) is 36.0 Å². The van der Waals surface area contributed by atoms with Crippen molar-refractivity contribution in [3.8, 4) is 0 Å². The summed E-state index contributed by atoms with van der Waals surface area (Å²) in [6, 6.07) is -2.85. The lowest BCUT2D eigenvalue weighted by Crippen LogP contribution is -2.73. The maximum Gasteiger partial charge on any atom is 0.362 e. The zero-order valence-corrected chi connectivity index (χ0v) is 24.5. The zero-order chi connectivity index (χ0) is 32.1. The summed E-state index contributed by atoms with van der Waals surface area (Å²) in [5.41, 5.74) is 15.0. The number of β-lactam (4-membered cyclic amide) rings is 1. The zero-order valence-electron chi connectivity index (χ0n) is 22.9. The number of rotatable bonds is 16. The number of aromatic nitrogens is 4. The number of nitrogens with zero attached hydrogens (tertiary/aromatic N) is 7. The monoisotopic (exact) mass is 658 g/mol. The molecule has 1 aliphatic carbocycles. The molecule has 2 aliphatic rings. The van der Waals surface area contributed by atoms with Crippen LogP contribution in [0.5, 0.6) is 0 Å². The summed E-state index contributed by atoms with van der Waals surface area (Å²) in [4.78, 5) is 51.7. The minimum atomic E-state index is -5.03. The molecule has 44 heavy (non-hydrogen) atoms. The SMILES string of the molecule is NCCOCCNC(N)=NCc1cnn(CC2C(NC(=O)C(=NOC3(C(=O)O)CC3)c3csc(N)n3)C(=O)N2S(=O)(=O)O)n1. The summed E-state index contributed by atoms with van der Waals surface area (Å²) >= 11 is 0.961. The van der Waals surface area contributed by atoms with Gasteiger partial charge in [-0.25, -0.2) is 19.1 Å². The number of anilines is 1. The summed E-state index contributed by atoms with van der Waals surface area (Å²) in [6.07, 6.45) is 1.64. The molecule has 2 unspecified atom stereocenters. The molecular weight excluding hydrogens is 628 g/mol. The number of nitrogens with one attached hydrogen (secondary N) is 2. The largest absolute Gasteiger partial charge is 0.478 e. The quantitative estimate of drug-likeness (QED) is 0.0227. The van der Waals surface area contributed by atoms with Crippen molar-refractivity contribution in [1.29, 1.82) is 0 Å². The summed E-state index contributed by atoms with van der Waals surface area (Å²) in [5, 5.41) is 27.9. The minimum absolute atomic E-state index is 0.00267. The third kappa shape index (κ3) is 7.73. The molecule has 0 spiro atoms. The molecule has 1 saturated carbocycles. The van der Waals surface area contributed by atoms with E-state index >= 15 is 0 Å². The second kappa shape index (κ2) is 13.5. The predicted octanol–water partition coefficient (Wildman–Crippen LogP) is -3.77. The number of nitrogen functional groups attached to an aromatic ring is 1. The Hall–Kier alpha value is -4.45. The lowest BCUT2D eigenvalue weighted by molar-refractivity contribution is -0.153. The number of hydrogen-bond acceptors (Lipinski definition) is 15. The van der Waals surface area contributed by atoms with Crippen molar-refractivity contribution < 1.29 is 42.0 Å². The number of carboxylic acid groups (broad SMARTS) is 1. The Balaban J connectivity index is 1.45. The Morgan fingerprint density at radius 3 is 2.66 bits per heavy atom. The van der Waals surface area contributed by atoms with Gasteiger partial charge in [-0.3, -0.25) is 14.1 Å². The number of hydrogen-bond donors (Lipinski definition) is 7. The number of oxime groups is 1. The van der Waals surface area contributed by atoms with Gasteiger partial charge in [0.15, 0.2) is 16.8 Å². The number of carbonyl (C=O) groups is 3. The van der Waals surface area contributed by atoms with Crippen LogP contribution in [0.3, 0.4) is 0 Å². The Kier molecular flexibility index (Phi) is 9.93. The van der Waals surface area contributed by atoms with Crippen molar-refractivity contribution in [2.24, 2.45) is 21.6 Å². The molecule has 240 valence electrons. The highest BCUT2D eigenvalue weighted by molar-refractivity contribution is 7.84. The van der Waals surface area contributed by atoms with Crippen LogP contribution in [-0.2, 0) is 47.4 Å². The number of thiazole rings is 1. The highest BCUT2D eigenvalue weighted by atomic mass is 32.2. The van der Waals surface area contributed by atoms with Crippen LogP contribution in [0.25, 0.3) is 0 Å². The molecule has 0 radical (unpaired) electrons. The molecule has 0 aromatic carbocycles. The Bertz CT molecular complexity index is 1550. The number of aliphatic carboxylic acids is 1. The predicted molar refractivity (Wildman–Crippen MR) is 151 cm³/mol. The highest BCUT2D eigenvalue weighted by Gasteiger charge is 2.56. The van der Waals surface area contributed by atoms with Crippen LogP contribution in [0.1, 0.15) is 24.2 Å². The maximum absolute atomic E-state index is 13.2. The topological polar surface area (TPSA) is 318 Å². The Morgan fingerprint density at radius 1 is 1.30 bits per heavy atom. The molecule has 3 heterocycles. The number of carbonyl (C=O) groups excluding carboxylic acids is 2.